The highest BCUT2D eigenvalue weighted by Gasteiger charge is 2.10. The maximum atomic E-state index is 11.8. The van der Waals surface area contributed by atoms with Crippen LogP contribution in [0.4, 0.5) is 0 Å². The minimum absolute atomic E-state index is 0.288. The molecule has 0 radical (unpaired) electrons. The molecule has 0 unspecified atom stereocenters. The second-order valence-electron chi connectivity index (χ2n) is 6.71. The summed E-state index contributed by atoms with van der Waals surface area (Å²) in [5.41, 5.74) is 2.86. The van der Waals surface area contributed by atoms with Gasteiger partial charge in [0.25, 0.3) is 11.8 Å². The van der Waals surface area contributed by atoms with Gasteiger partial charge in [-0.2, -0.15) is 0 Å². The van der Waals surface area contributed by atoms with Crippen molar-refractivity contribution in [3.63, 3.8) is 0 Å². The fourth-order valence-electron chi connectivity index (χ4n) is 2.51. The number of rotatable bonds is 9. The summed E-state index contributed by atoms with van der Waals surface area (Å²) in [5, 5.41) is 5.17. The molecule has 2 rings (SSSR count). The van der Waals surface area contributed by atoms with Crippen molar-refractivity contribution in [3.05, 3.63) is 71.3 Å². The molecule has 0 aromatic heterocycles. The molecule has 0 bridgehead atoms. The number of amides is 2. The van der Waals surface area contributed by atoms with Gasteiger partial charge in [0.05, 0.1) is 0 Å². The Morgan fingerprint density at radius 1 is 0.929 bits per heavy atom. The third-order valence-corrected chi connectivity index (χ3v) is 4.18. The van der Waals surface area contributed by atoms with Crippen LogP contribution in [0.5, 0.6) is 0 Å². The average Bonchev–Trinajstić information content (AvgIpc) is 2.71. The molecule has 148 valence electrons. The number of ether oxygens (including phenoxy) is 1. The van der Waals surface area contributed by atoms with Crippen molar-refractivity contribution >= 4 is 17.8 Å². The highest BCUT2D eigenvalue weighted by atomic mass is 16.5. The topological polar surface area (TPSA) is 84.5 Å². The molecule has 0 spiro atoms. The van der Waals surface area contributed by atoms with Crippen LogP contribution in [-0.4, -0.2) is 37.5 Å². The van der Waals surface area contributed by atoms with E-state index < -0.39 is 5.97 Å². The molecular weight excluding hydrogens is 356 g/mol. The summed E-state index contributed by atoms with van der Waals surface area (Å²) in [5.74, 6) is -0.920. The van der Waals surface area contributed by atoms with Crippen molar-refractivity contribution in [2.45, 2.75) is 26.2 Å². The Bertz CT molecular complexity index is 786. The van der Waals surface area contributed by atoms with Gasteiger partial charge in [0, 0.05) is 12.1 Å². The third-order valence-electron chi connectivity index (χ3n) is 4.18. The lowest BCUT2D eigenvalue weighted by Crippen LogP contribution is -2.34. The van der Waals surface area contributed by atoms with Crippen molar-refractivity contribution in [2.75, 3.05) is 19.7 Å². The van der Waals surface area contributed by atoms with E-state index in [1.54, 1.807) is 30.3 Å². The SMILES string of the molecule is CC(C)c1ccc(CCNC(=O)COC(=O)CNC(=O)c2ccccc2)cc1. The highest BCUT2D eigenvalue weighted by molar-refractivity contribution is 5.96. The fraction of sp³-hybridized carbons (Fsp3) is 0.318. The number of benzene rings is 2. The smallest absolute Gasteiger partial charge is 0.325 e. The molecule has 0 aliphatic carbocycles. The lowest BCUT2D eigenvalue weighted by Gasteiger charge is -2.09. The van der Waals surface area contributed by atoms with E-state index in [-0.39, 0.29) is 25.0 Å². The number of esters is 1. The van der Waals surface area contributed by atoms with E-state index in [1.807, 2.05) is 0 Å². The first-order valence-electron chi connectivity index (χ1n) is 9.30. The van der Waals surface area contributed by atoms with E-state index in [2.05, 4.69) is 48.7 Å². The standard InChI is InChI=1S/C22H26N2O4/c1-16(2)18-10-8-17(9-11-18)12-13-23-20(25)15-28-21(26)14-24-22(27)19-6-4-3-5-7-19/h3-11,16H,12-15H2,1-2H3,(H,23,25)(H,24,27). The molecule has 6 nitrogen and oxygen atoms in total. The van der Waals surface area contributed by atoms with Gasteiger partial charge in [-0.05, 0) is 35.6 Å². The number of nitrogens with one attached hydrogen (secondary N) is 2. The summed E-state index contributed by atoms with van der Waals surface area (Å²) in [6, 6.07) is 16.8. The zero-order valence-corrected chi connectivity index (χ0v) is 16.2. The van der Waals surface area contributed by atoms with E-state index in [0.717, 1.165) is 5.56 Å². The van der Waals surface area contributed by atoms with Crippen molar-refractivity contribution in [1.29, 1.82) is 0 Å². The summed E-state index contributed by atoms with van der Waals surface area (Å²) in [7, 11) is 0. The normalized spacial score (nSPS) is 10.4. The average molecular weight is 382 g/mol. The van der Waals surface area contributed by atoms with Gasteiger partial charge in [0.1, 0.15) is 6.54 Å². The van der Waals surface area contributed by atoms with Crippen molar-refractivity contribution in [2.24, 2.45) is 0 Å². The lowest BCUT2D eigenvalue weighted by molar-refractivity contribution is -0.147. The van der Waals surface area contributed by atoms with Crippen LogP contribution in [0, 0.1) is 0 Å². The second-order valence-corrected chi connectivity index (χ2v) is 6.71. The van der Waals surface area contributed by atoms with Crippen LogP contribution < -0.4 is 10.6 Å². The summed E-state index contributed by atoms with van der Waals surface area (Å²) in [6.07, 6.45) is 0.700. The van der Waals surface area contributed by atoms with Crippen LogP contribution in [0.2, 0.25) is 0 Å². The van der Waals surface area contributed by atoms with Crippen LogP contribution in [0.25, 0.3) is 0 Å². The first-order chi connectivity index (χ1) is 13.5. The molecule has 0 saturated heterocycles. The first kappa shape index (κ1) is 21.2. The van der Waals surface area contributed by atoms with Gasteiger partial charge in [-0.25, -0.2) is 0 Å². The number of carbonyl (C=O) groups excluding carboxylic acids is 3. The zero-order valence-electron chi connectivity index (χ0n) is 16.2. The zero-order chi connectivity index (χ0) is 20.4. The Kier molecular flexibility index (Phi) is 8.21. The Hall–Kier alpha value is -3.15. The minimum Gasteiger partial charge on any atom is -0.454 e. The van der Waals surface area contributed by atoms with Gasteiger partial charge in [0.15, 0.2) is 6.61 Å². The first-order valence-corrected chi connectivity index (χ1v) is 9.30. The molecular formula is C22H26N2O4. The molecule has 28 heavy (non-hydrogen) atoms. The van der Waals surface area contributed by atoms with Crippen LogP contribution in [0.1, 0.15) is 41.3 Å². The summed E-state index contributed by atoms with van der Waals surface area (Å²) in [6.45, 7) is 4.09. The number of hydrogen-bond acceptors (Lipinski definition) is 4. The maximum absolute atomic E-state index is 11.8. The maximum Gasteiger partial charge on any atom is 0.325 e. The Balaban J connectivity index is 1.61. The van der Waals surface area contributed by atoms with Gasteiger partial charge < -0.3 is 15.4 Å². The molecule has 0 aliphatic heterocycles. The minimum atomic E-state index is -0.663. The molecule has 6 heteroatoms. The quantitative estimate of drug-likeness (QED) is 0.653. The molecule has 2 aromatic carbocycles. The van der Waals surface area contributed by atoms with E-state index in [0.29, 0.717) is 24.4 Å². The van der Waals surface area contributed by atoms with Gasteiger partial charge in [-0.3, -0.25) is 14.4 Å². The fourth-order valence-corrected chi connectivity index (χ4v) is 2.51. The Labute approximate surface area is 165 Å². The van der Waals surface area contributed by atoms with Gasteiger partial charge in [0.2, 0.25) is 0 Å². The van der Waals surface area contributed by atoms with Crippen LogP contribution in [0.3, 0.4) is 0 Å². The van der Waals surface area contributed by atoms with Crippen molar-refractivity contribution in [1.82, 2.24) is 10.6 Å². The molecule has 2 aromatic rings. The Morgan fingerprint density at radius 3 is 2.25 bits per heavy atom. The molecule has 0 aliphatic rings. The van der Waals surface area contributed by atoms with E-state index in [9.17, 15) is 14.4 Å². The van der Waals surface area contributed by atoms with Crippen LogP contribution in [0.15, 0.2) is 54.6 Å². The molecule has 0 atom stereocenters. The molecule has 0 fully saturated rings. The predicted octanol–water partition coefficient (Wildman–Crippen LogP) is 2.44. The molecule has 0 heterocycles. The predicted molar refractivity (Wildman–Crippen MR) is 107 cm³/mol. The number of carbonyl (C=O) groups is 3. The van der Waals surface area contributed by atoms with Gasteiger partial charge in [-0.15, -0.1) is 0 Å². The third kappa shape index (κ3) is 7.23. The molecule has 2 amide bonds. The van der Waals surface area contributed by atoms with E-state index >= 15 is 0 Å². The van der Waals surface area contributed by atoms with E-state index in [1.165, 1.54) is 5.56 Å². The monoisotopic (exact) mass is 382 g/mol. The van der Waals surface area contributed by atoms with E-state index in [4.69, 9.17) is 4.74 Å². The molecule has 2 N–H and O–H groups in total. The van der Waals surface area contributed by atoms with Crippen LogP contribution >= 0.6 is 0 Å². The van der Waals surface area contributed by atoms with Crippen LogP contribution in [-0.2, 0) is 20.7 Å². The van der Waals surface area contributed by atoms with Gasteiger partial charge in [-0.1, -0.05) is 56.3 Å². The molecule has 0 saturated carbocycles. The van der Waals surface area contributed by atoms with Crippen molar-refractivity contribution in [3.8, 4) is 0 Å². The largest absolute Gasteiger partial charge is 0.454 e. The summed E-state index contributed by atoms with van der Waals surface area (Å²) >= 11 is 0. The summed E-state index contributed by atoms with van der Waals surface area (Å²) in [4.78, 5) is 35.2. The Morgan fingerprint density at radius 2 is 1.61 bits per heavy atom. The summed E-state index contributed by atoms with van der Waals surface area (Å²) < 4.78 is 4.87. The van der Waals surface area contributed by atoms with Gasteiger partial charge >= 0.3 is 5.97 Å². The highest BCUT2D eigenvalue weighted by Crippen LogP contribution is 2.14. The lowest BCUT2D eigenvalue weighted by atomic mass is 10.0. The second kappa shape index (κ2) is 10.9. The number of hydrogen-bond donors (Lipinski definition) is 2. The van der Waals surface area contributed by atoms with Crippen molar-refractivity contribution < 1.29 is 19.1 Å².